The summed E-state index contributed by atoms with van der Waals surface area (Å²) in [4.78, 5) is 23.9. The largest absolute Gasteiger partial charge is 0.465 e. The van der Waals surface area contributed by atoms with E-state index in [0.717, 1.165) is 16.7 Å². The molecule has 5 nitrogen and oxygen atoms in total. The lowest BCUT2D eigenvalue weighted by Crippen LogP contribution is -2.14. The lowest BCUT2D eigenvalue weighted by molar-refractivity contribution is -0.116. The highest BCUT2D eigenvalue weighted by Gasteiger charge is 2.15. The van der Waals surface area contributed by atoms with Gasteiger partial charge in [0.1, 0.15) is 0 Å². The summed E-state index contributed by atoms with van der Waals surface area (Å²) in [7, 11) is 1.31. The van der Waals surface area contributed by atoms with Gasteiger partial charge in [0.25, 0.3) is 0 Å². The topological polar surface area (TPSA) is 79.2 Å². The quantitative estimate of drug-likeness (QED) is 0.622. The number of hydrogen-bond acceptors (Lipinski definition) is 5. The van der Waals surface area contributed by atoms with E-state index in [1.54, 1.807) is 16.8 Å². The van der Waals surface area contributed by atoms with Crippen LogP contribution in [0.2, 0.25) is 0 Å². The first-order chi connectivity index (χ1) is 13.6. The summed E-state index contributed by atoms with van der Waals surface area (Å²) in [6.07, 6.45) is 0.891. The molecule has 0 radical (unpaired) electrons. The van der Waals surface area contributed by atoms with Crippen molar-refractivity contribution in [2.24, 2.45) is 0 Å². The molecule has 28 heavy (non-hydrogen) atoms. The average molecular weight is 390 g/mol. The monoisotopic (exact) mass is 390 g/mol. The van der Waals surface area contributed by atoms with E-state index in [9.17, 15) is 9.59 Å². The Balaban J connectivity index is 1.59. The molecule has 1 aromatic heterocycles. The van der Waals surface area contributed by atoms with Crippen LogP contribution in [0.1, 0.15) is 27.9 Å². The number of benzene rings is 2. The molecule has 0 aliphatic rings. The maximum Gasteiger partial charge on any atom is 0.340 e. The minimum Gasteiger partial charge on any atom is -0.465 e. The van der Waals surface area contributed by atoms with Crippen molar-refractivity contribution >= 4 is 28.9 Å². The summed E-state index contributed by atoms with van der Waals surface area (Å²) in [6, 6.07) is 17.5. The number of esters is 1. The van der Waals surface area contributed by atoms with Gasteiger partial charge in [-0.25, -0.2) is 4.79 Å². The van der Waals surface area contributed by atoms with Gasteiger partial charge in [-0.3, -0.25) is 4.79 Å². The number of methoxy groups -OCH3 is 1. The first kappa shape index (κ1) is 19.3. The molecule has 0 bridgehead atoms. The summed E-state index contributed by atoms with van der Waals surface area (Å²) in [5, 5.41) is 15.2. The van der Waals surface area contributed by atoms with Crippen LogP contribution < -0.4 is 5.32 Å². The van der Waals surface area contributed by atoms with Crippen molar-refractivity contribution in [3.8, 4) is 17.2 Å². The smallest absolute Gasteiger partial charge is 0.340 e. The Bertz CT molecular complexity index is 1030. The molecule has 0 aliphatic carbocycles. The Morgan fingerprint density at radius 2 is 1.89 bits per heavy atom. The van der Waals surface area contributed by atoms with Crippen LogP contribution in [-0.2, 0) is 16.0 Å². The predicted octanol–water partition coefficient (Wildman–Crippen LogP) is 4.64. The number of thiophene rings is 1. The van der Waals surface area contributed by atoms with Gasteiger partial charge in [0.05, 0.1) is 30.0 Å². The Morgan fingerprint density at radius 3 is 2.61 bits per heavy atom. The fourth-order valence-corrected chi connectivity index (χ4v) is 3.51. The van der Waals surface area contributed by atoms with Crippen LogP contribution in [-0.4, -0.2) is 19.0 Å². The van der Waals surface area contributed by atoms with E-state index in [2.05, 4.69) is 11.4 Å². The van der Waals surface area contributed by atoms with Crippen molar-refractivity contribution in [3.05, 3.63) is 76.0 Å². The van der Waals surface area contributed by atoms with Crippen molar-refractivity contribution in [2.75, 3.05) is 12.4 Å². The minimum atomic E-state index is -0.465. The van der Waals surface area contributed by atoms with Gasteiger partial charge in [-0.15, -0.1) is 11.3 Å². The molecule has 0 spiro atoms. The van der Waals surface area contributed by atoms with E-state index >= 15 is 0 Å². The minimum absolute atomic E-state index is 0.158. The standard InChI is InChI=1S/C22H18N2O3S/c1-27-22(26)19-13-28-14-20(19)24-21(25)10-7-15-5-8-17(9-6-15)18-4-2-3-16(11-18)12-23/h2-6,8-9,11,13-14H,7,10H2,1H3,(H,24,25). The second-order valence-electron chi connectivity index (χ2n) is 6.13. The van der Waals surface area contributed by atoms with E-state index in [1.165, 1.54) is 18.4 Å². The highest BCUT2D eigenvalue weighted by Crippen LogP contribution is 2.23. The van der Waals surface area contributed by atoms with Gasteiger partial charge in [-0.05, 0) is 35.2 Å². The predicted molar refractivity (Wildman–Crippen MR) is 109 cm³/mol. The zero-order valence-corrected chi connectivity index (χ0v) is 16.1. The van der Waals surface area contributed by atoms with Gasteiger partial charge in [-0.2, -0.15) is 5.26 Å². The van der Waals surface area contributed by atoms with Crippen molar-refractivity contribution in [1.29, 1.82) is 5.26 Å². The summed E-state index contributed by atoms with van der Waals surface area (Å²) >= 11 is 1.33. The normalized spacial score (nSPS) is 10.1. The number of amides is 1. The van der Waals surface area contributed by atoms with Crippen molar-refractivity contribution in [1.82, 2.24) is 0 Å². The molecule has 6 heteroatoms. The van der Waals surface area contributed by atoms with Crippen LogP contribution in [0.25, 0.3) is 11.1 Å². The van der Waals surface area contributed by atoms with Crippen LogP contribution in [0, 0.1) is 11.3 Å². The lowest BCUT2D eigenvalue weighted by Gasteiger charge is -2.07. The van der Waals surface area contributed by atoms with Crippen LogP contribution >= 0.6 is 11.3 Å². The molecule has 0 atom stereocenters. The Kier molecular flexibility index (Phi) is 6.20. The van der Waals surface area contributed by atoms with Crippen LogP contribution in [0.3, 0.4) is 0 Å². The third-order valence-electron chi connectivity index (χ3n) is 4.26. The third-order valence-corrected chi connectivity index (χ3v) is 5.00. The van der Waals surface area contributed by atoms with E-state index < -0.39 is 5.97 Å². The molecule has 0 unspecified atom stereocenters. The van der Waals surface area contributed by atoms with Crippen molar-refractivity contribution in [2.45, 2.75) is 12.8 Å². The number of nitrogens with one attached hydrogen (secondary N) is 1. The van der Waals surface area contributed by atoms with Crippen LogP contribution in [0.4, 0.5) is 5.69 Å². The Morgan fingerprint density at radius 1 is 1.11 bits per heavy atom. The van der Waals surface area contributed by atoms with Gasteiger partial charge in [0.2, 0.25) is 5.91 Å². The Hall–Kier alpha value is -3.43. The molecule has 1 amide bonds. The summed E-state index contributed by atoms with van der Waals surface area (Å²) in [6.45, 7) is 0. The molecule has 140 valence electrons. The van der Waals surface area contributed by atoms with E-state index in [1.807, 2.05) is 42.5 Å². The Labute approximate surface area is 167 Å². The molecular weight excluding hydrogens is 372 g/mol. The van der Waals surface area contributed by atoms with E-state index in [-0.39, 0.29) is 5.91 Å². The molecule has 0 saturated carbocycles. The van der Waals surface area contributed by atoms with Gasteiger partial charge in [-0.1, -0.05) is 36.4 Å². The summed E-state index contributed by atoms with van der Waals surface area (Å²) in [5.41, 5.74) is 4.51. The number of rotatable bonds is 6. The number of carbonyl (C=O) groups is 2. The molecule has 2 aromatic carbocycles. The lowest BCUT2D eigenvalue weighted by atomic mass is 10.0. The highest BCUT2D eigenvalue weighted by molar-refractivity contribution is 7.08. The second kappa shape index (κ2) is 8.98. The summed E-state index contributed by atoms with van der Waals surface area (Å²) in [5.74, 6) is -0.623. The number of nitriles is 1. The molecular formula is C22H18N2O3S. The van der Waals surface area contributed by atoms with Crippen LogP contribution in [0.5, 0.6) is 0 Å². The van der Waals surface area contributed by atoms with Gasteiger partial charge < -0.3 is 10.1 Å². The number of hydrogen-bond donors (Lipinski definition) is 1. The van der Waals surface area contributed by atoms with Crippen LogP contribution in [0.15, 0.2) is 59.3 Å². The molecule has 1 N–H and O–H groups in total. The first-order valence-electron chi connectivity index (χ1n) is 8.64. The molecule has 0 fully saturated rings. The molecule has 0 saturated heterocycles. The number of carbonyl (C=O) groups excluding carboxylic acids is 2. The fourth-order valence-electron chi connectivity index (χ4n) is 2.76. The van der Waals surface area contributed by atoms with E-state index in [4.69, 9.17) is 10.00 Å². The number of ether oxygens (including phenoxy) is 1. The first-order valence-corrected chi connectivity index (χ1v) is 9.59. The second-order valence-corrected chi connectivity index (χ2v) is 6.87. The molecule has 3 aromatic rings. The molecule has 1 heterocycles. The fraction of sp³-hybridized carbons (Fsp3) is 0.136. The van der Waals surface area contributed by atoms with Gasteiger partial charge in [0.15, 0.2) is 0 Å². The summed E-state index contributed by atoms with van der Waals surface area (Å²) < 4.78 is 4.71. The number of aryl methyl sites for hydroxylation is 1. The zero-order valence-electron chi connectivity index (χ0n) is 15.3. The van der Waals surface area contributed by atoms with Gasteiger partial charge >= 0.3 is 5.97 Å². The zero-order chi connectivity index (χ0) is 19.9. The maximum atomic E-state index is 12.2. The molecule has 3 rings (SSSR count). The maximum absolute atomic E-state index is 12.2. The SMILES string of the molecule is COC(=O)c1cscc1NC(=O)CCc1ccc(-c2cccc(C#N)c2)cc1. The van der Waals surface area contributed by atoms with Crippen molar-refractivity contribution < 1.29 is 14.3 Å². The van der Waals surface area contributed by atoms with Gasteiger partial charge in [0, 0.05) is 17.2 Å². The highest BCUT2D eigenvalue weighted by atomic mass is 32.1. The van der Waals surface area contributed by atoms with Crippen molar-refractivity contribution in [3.63, 3.8) is 0 Å². The third kappa shape index (κ3) is 4.64. The number of nitrogens with zero attached hydrogens (tertiary/aromatic N) is 1. The number of anilines is 1. The average Bonchev–Trinajstić information content (AvgIpc) is 3.20. The molecule has 0 aliphatic heterocycles. The van der Waals surface area contributed by atoms with E-state index in [0.29, 0.717) is 29.7 Å².